The number of hydrogen-bond acceptors (Lipinski definition) is 3. The maximum Gasteiger partial charge on any atom is 0.226 e. The summed E-state index contributed by atoms with van der Waals surface area (Å²) in [4.78, 5) is 14.5. The number of carbonyl (C=O) groups is 1. The van der Waals surface area contributed by atoms with Gasteiger partial charge in [-0.15, -0.1) is 0 Å². The Kier molecular flexibility index (Phi) is 5.21. The first-order valence-electron chi connectivity index (χ1n) is 8.65. The van der Waals surface area contributed by atoms with Crippen LogP contribution in [0.5, 0.6) is 0 Å². The molecule has 0 N–H and O–H groups in total. The first kappa shape index (κ1) is 17.4. The number of amides is 1. The average molecular weight is 335 g/mol. The standard InChI is InChI=1S/C19H26FNO3/c1-14-9-16(20)4-3-15(14)10-18(22)21-7-5-19(6-8-21)11-17(12-23-2)24-13-19/h3-4,9,17H,5-8,10-13H2,1-2H3/t17-/m1/s1. The molecule has 1 spiro atoms. The van der Waals surface area contributed by atoms with Crippen molar-refractivity contribution in [2.24, 2.45) is 5.41 Å². The third kappa shape index (κ3) is 3.78. The fraction of sp³-hybridized carbons (Fsp3) is 0.632. The summed E-state index contributed by atoms with van der Waals surface area (Å²) in [5.41, 5.74) is 1.96. The molecular formula is C19H26FNO3. The van der Waals surface area contributed by atoms with E-state index in [1.165, 1.54) is 12.1 Å². The zero-order valence-electron chi connectivity index (χ0n) is 14.5. The lowest BCUT2D eigenvalue weighted by atomic mass is 9.76. The first-order chi connectivity index (χ1) is 11.5. The summed E-state index contributed by atoms with van der Waals surface area (Å²) in [5.74, 6) is -0.123. The minimum atomic E-state index is -0.254. The number of nitrogens with zero attached hydrogens (tertiary/aromatic N) is 1. The molecule has 1 aromatic rings. The molecule has 2 saturated heterocycles. The zero-order valence-corrected chi connectivity index (χ0v) is 14.5. The minimum Gasteiger partial charge on any atom is -0.382 e. The van der Waals surface area contributed by atoms with Crippen molar-refractivity contribution in [2.45, 2.75) is 38.7 Å². The van der Waals surface area contributed by atoms with Gasteiger partial charge in [-0.2, -0.15) is 0 Å². The van der Waals surface area contributed by atoms with Gasteiger partial charge in [-0.25, -0.2) is 4.39 Å². The van der Waals surface area contributed by atoms with Crippen LogP contribution in [0.25, 0.3) is 0 Å². The molecule has 0 aromatic heterocycles. The van der Waals surface area contributed by atoms with Crippen LogP contribution < -0.4 is 0 Å². The topological polar surface area (TPSA) is 38.8 Å². The van der Waals surface area contributed by atoms with Crippen molar-refractivity contribution in [1.29, 1.82) is 0 Å². The van der Waals surface area contributed by atoms with Crippen LogP contribution in [0.3, 0.4) is 0 Å². The van der Waals surface area contributed by atoms with E-state index in [4.69, 9.17) is 9.47 Å². The highest BCUT2D eigenvalue weighted by Gasteiger charge is 2.42. The van der Waals surface area contributed by atoms with Crippen LogP contribution in [0.4, 0.5) is 4.39 Å². The molecule has 24 heavy (non-hydrogen) atoms. The lowest BCUT2D eigenvalue weighted by Gasteiger charge is -2.38. The maximum absolute atomic E-state index is 13.2. The van der Waals surface area contributed by atoms with E-state index in [9.17, 15) is 9.18 Å². The highest BCUT2D eigenvalue weighted by Crippen LogP contribution is 2.42. The number of carbonyl (C=O) groups excluding carboxylic acids is 1. The lowest BCUT2D eigenvalue weighted by molar-refractivity contribution is -0.132. The molecule has 1 amide bonds. The molecular weight excluding hydrogens is 309 g/mol. The molecule has 4 nitrogen and oxygen atoms in total. The smallest absolute Gasteiger partial charge is 0.226 e. The van der Waals surface area contributed by atoms with Crippen molar-refractivity contribution in [3.63, 3.8) is 0 Å². The molecule has 132 valence electrons. The average Bonchev–Trinajstić information content (AvgIpc) is 2.94. The largest absolute Gasteiger partial charge is 0.382 e. The maximum atomic E-state index is 13.2. The molecule has 1 atom stereocenters. The quantitative estimate of drug-likeness (QED) is 0.849. The van der Waals surface area contributed by atoms with Crippen LogP contribution >= 0.6 is 0 Å². The summed E-state index contributed by atoms with van der Waals surface area (Å²) in [6.07, 6.45) is 3.55. The number of hydrogen-bond donors (Lipinski definition) is 0. The zero-order chi connectivity index (χ0) is 17.2. The van der Waals surface area contributed by atoms with Crippen LogP contribution in [0.1, 0.15) is 30.4 Å². The van der Waals surface area contributed by atoms with Gasteiger partial charge in [-0.3, -0.25) is 4.79 Å². The van der Waals surface area contributed by atoms with Crippen LogP contribution in [-0.4, -0.2) is 50.3 Å². The van der Waals surface area contributed by atoms with Crippen molar-refractivity contribution in [3.05, 3.63) is 35.1 Å². The molecule has 2 aliphatic rings. The van der Waals surface area contributed by atoms with E-state index in [1.807, 2.05) is 11.8 Å². The second-order valence-corrected chi connectivity index (χ2v) is 7.22. The number of rotatable bonds is 4. The monoisotopic (exact) mass is 335 g/mol. The van der Waals surface area contributed by atoms with E-state index in [2.05, 4.69) is 0 Å². The summed E-state index contributed by atoms with van der Waals surface area (Å²) in [6.45, 7) is 4.83. The Balaban J connectivity index is 1.54. The Labute approximate surface area is 142 Å². The summed E-state index contributed by atoms with van der Waals surface area (Å²) in [6, 6.07) is 4.63. The summed E-state index contributed by atoms with van der Waals surface area (Å²) < 4.78 is 24.2. The van der Waals surface area contributed by atoms with E-state index in [0.717, 1.165) is 50.1 Å². The predicted octanol–water partition coefficient (Wildman–Crippen LogP) is 2.72. The van der Waals surface area contributed by atoms with Gasteiger partial charge in [0, 0.05) is 20.2 Å². The van der Waals surface area contributed by atoms with Gasteiger partial charge < -0.3 is 14.4 Å². The Bertz CT molecular complexity index is 596. The van der Waals surface area contributed by atoms with Gasteiger partial charge >= 0.3 is 0 Å². The van der Waals surface area contributed by atoms with Crippen molar-refractivity contribution in [2.75, 3.05) is 33.4 Å². The van der Waals surface area contributed by atoms with Gasteiger partial charge in [0.2, 0.25) is 5.91 Å². The summed E-state index contributed by atoms with van der Waals surface area (Å²) in [7, 11) is 1.70. The molecule has 0 radical (unpaired) electrons. The second kappa shape index (κ2) is 7.19. The Hall–Kier alpha value is -1.46. The normalized spacial score (nSPS) is 23.0. The number of likely N-dealkylation sites (tertiary alicyclic amines) is 1. The van der Waals surface area contributed by atoms with Gasteiger partial charge in [0.1, 0.15) is 5.82 Å². The van der Waals surface area contributed by atoms with Crippen molar-refractivity contribution in [3.8, 4) is 0 Å². The number of aryl methyl sites for hydroxylation is 1. The molecule has 5 heteroatoms. The molecule has 2 heterocycles. The molecule has 0 saturated carbocycles. The van der Waals surface area contributed by atoms with E-state index >= 15 is 0 Å². The van der Waals surface area contributed by atoms with Crippen LogP contribution in [0.2, 0.25) is 0 Å². The molecule has 3 rings (SSSR count). The minimum absolute atomic E-state index is 0.131. The van der Waals surface area contributed by atoms with E-state index in [-0.39, 0.29) is 23.2 Å². The van der Waals surface area contributed by atoms with E-state index in [1.54, 1.807) is 13.2 Å². The predicted molar refractivity (Wildman–Crippen MR) is 89.3 cm³/mol. The number of methoxy groups -OCH3 is 1. The third-order valence-corrected chi connectivity index (χ3v) is 5.46. The number of piperidine rings is 1. The molecule has 1 aromatic carbocycles. The van der Waals surface area contributed by atoms with Crippen LogP contribution in [0, 0.1) is 18.2 Å². The Morgan fingerprint density at radius 3 is 2.83 bits per heavy atom. The van der Waals surface area contributed by atoms with Crippen LogP contribution in [-0.2, 0) is 20.7 Å². The number of benzene rings is 1. The number of halogens is 1. The van der Waals surface area contributed by atoms with Crippen molar-refractivity contribution >= 4 is 5.91 Å². The lowest BCUT2D eigenvalue weighted by Crippen LogP contribution is -2.44. The molecule has 2 aliphatic heterocycles. The van der Waals surface area contributed by atoms with Crippen molar-refractivity contribution < 1.29 is 18.7 Å². The van der Waals surface area contributed by atoms with Crippen LogP contribution in [0.15, 0.2) is 18.2 Å². The fourth-order valence-electron chi connectivity index (χ4n) is 3.90. The Morgan fingerprint density at radius 1 is 1.42 bits per heavy atom. The highest BCUT2D eigenvalue weighted by molar-refractivity contribution is 5.79. The van der Waals surface area contributed by atoms with Gasteiger partial charge in [0.05, 0.1) is 25.7 Å². The van der Waals surface area contributed by atoms with Crippen molar-refractivity contribution in [1.82, 2.24) is 4.90 Å². The number of ether oxygens (including phenoxy) is 2. The molecule has 0 unspecified atom stereocenters. The summed E-state index contributed by atoms with van der Waals surface area (Å²) in [5, 5.41) is 0. The van der Waals surface area contributed by atoms with E-state index in [0.29, 0.717) is 13.0 Å². The van der Waals surface area contributed by atoms with E-state index < -0.39 is 0 Å². The van der Waals surface area contributed by atoms with Gasteiger partial charge in [-0.1, -0.05) is 6.07 Å². The molecule has 0 aliphatic carbocycles. The second-order valence-electron chi connectivity index (χ2n) is 7.22. The van der Waals surface area contributed by atoms with Gasteiger partial charge in [-0.05, 0) is 54.9 Å². The highest BCUT2D eigenvalue weighted by atomic mass is 19.1. The third-order valence-electron chi connectivity index (χ3n) is 5.46. The fourth-order valence-corrected chi connectivity index (χ4v) is 3.90. The first-order valence-corrected chi connectivity index (χ1v) is 8.65. The molecule has 0 bridgehead atoms. The van der Waals surface area contributed by atoms with Gasteiger partial charge in [0.15, 0.2) is 0 Å². The van der Waals surface area contributed by atoms with Gasteiger partial charge in [0.25, 0.3) is 0 Å². The molecule has 2 fully saturated rings. The Morgan fingerprint density at radius 2 is 2.17 bits per heavy atom. The SMILES string of the molecule is COC[C@H]1CC2(CCN(C(=O)Cc3ccc(F)cc3C)CC2)CO1. The summed E-state index contributed by atoms with van der Waals surface area (Å²) >= 11 is 0.